The third kappa shape index (κ3) is 5.20. The van der Waals surface area contributed by atoms with E-state index in [0.717, 1.165) is 5.56 Å². The lowest BCUT2D eigenvalue weighted by Crippen LogP contribution is -2.31. The fraction of sp³-hybridized carbons (Fsp3) is 0.562. The summed E-state index contributed by atoms with van der Waals surface area (Å²) in [5, 5.41) is 4.27. The first-order valence-electron chi connectivity index (χ1n) is 7.36. The summed E-state index contributed by atoms with van der Waals surface area (Å²) in [5.74, 6) is 0.602. The first kappa shape index (κ1) is 16.7. The van der Waals surface area contributed by atoms with Crippen LogP contribution in [0.2, 0.25) is 5.02 Å². The van der Waals surface area contributed by atoms with Crippen LogP contribution in [0.1, 0.15) is 37.4 Å². The average molecular weight is 328 g/mol. The van der Waals surface area contributed by atoms with E-state index in [9.17, 15) is 4.79 Å². The number of rotatable bonds is 7. The number of amides is 1. The molecule has 1 aliphatic carbocycles. The number of thioether (sulfide) groups is 1. The van der Waals surface area contributed by atoms with Crippen LogP contribution in [-0.2, 0) is 9.53 Å². The van der Waals surface area contributed by atoms with Crippen molar-refractivity contribution in [1.29, 1.82) is 0 Å². The summed E-state index contributed by atoms with van der Waals surface area (Å²) in [6.45, 7) is 0.449. The molecule has 1 atom stereocenters. The van der Waals surface area contributed by atoms with Crippen LogP contribution in [0, 0.1) is 0 Å². The van der Waals surface area contributed by atoms with Gasteiger partial charge in [0, 0.05) is 29.5 Å². The Hall–Kier alpha value is -0.710. The van der Waals surface area contributed by atoms with Gasteiger partial charge < -0.3 is 10.1 Å². The van der Waals surface area contributed by atoms with Crippen LogP contribution in [0.15, 0.2) is 24.3 Å². The lowest BCUT2D eigenvalue weighted by molar-refractivity contribution is -0.119. The first-order chi connectivity index (χ1) is 10.2. The summed E-state index contributed by atoms with van der Waals surface area (Å²) < 4.78 is 5.44. The van der Waals surface area contributed by atoms with E-state index in [-0.39, 0.29) is 12.0 Å². The van der Waals surface area contributed by atoms with E-state index in [1.165, 1.54) is 25.7 Å². The summed E-state index contributed by atoms with van der Waals surface area (Å²) in [4.78, 5) is 11.9. The Morgan fingerprint density at radius 3 is 2.81 bits per heavy atom. The van der Waals surface area contributed by atoms with Crippen molar-refractivity contribution in [2.45, 2.75) is 37.0 Å². The van der Waals surface area contributed by atoms with Gasteiger partial charge >= 0.3 is 0 Å². The van der Waals surface area contributed by atoms with Gasteiger partial charge in [-0.3, -0.25) is 4.79 Å². The van der Waals surface area contributed by atoms with Crippen molar-refractivity contribution in [3.05, 3.63) is 34.9 Å². The second-order valence-corrected chi connectivity index (χ2v) is 6.96. The van der Waals surface area contributed by atoms with E-state index in [2.05, 4.69) is 5.32 Å². The topological polar surface area (TPSA) is 38.3 Å². The standard InChI is InChI=1S/C16H22ClNO2S/c1-20-15(13-8-4-5-9-14(13)17)10-18-16(19)11-21-12-6-2-3-7-12/h4-5,8-9,12,15H,2-3,6-7,10-11H2,1H3,(H,18,19)/t15-/m1/s1. The molecular weight excluding hydrogens is 306 g/mol. The van der Waals surface area contributed by atoms with Gasteiger partial charge in [0.25, 0.3) is 0 Å². The molecule has 3 nitrogen and oxygen atoms in total. The van der Waals surface area contributed by atoms with E-state index in [0.29, 0.717) is 22.6 Å². The molecule has 2 rings (SSSR count). The molecule has 1 N–H and O–H groups in total. The third-order valence-electron chi connectivity index (χ3n) is 3.77. The molecule has 0 unspecified atom stereocenters. The zero-order chi connectivity index (χ0) is 15.1. The number of benzene rings is 1. The van der Waals surface area contributed by atoms with Crippen molar-refractivity contribution in [3.63, 3.8) is 0 Å². The van der Waals surface area contributed by atoms with E-state index in [4.69, 9.17) is 16.3 Å². The summed E-state index contributed by atoms with van der Waals surface area (Å²) >= 11 is 7.93. The summed E-state index contributed by atoms with van der Waals surface area (Å²) in [7, 11) is 1.63. The molecule has 1 aromatic carbocycles. The highest BCUT2D eigenvalue weighted by Gasteiger charge is 2.18. The third-order valence-corrected chi connectivity index (χ3v) is 5.49. The zero-order valence-corrected chi connectivity index (χ0v) is 13.9. The minimum Gasteiger partial charge on any atom is -0.375 e. The molecule has 0 spiro atoms. The van der Waals surface area contributed by atoms with Gasteiger partial charge in [-0.2, -0.15) is 0 Å². The maximum absolute atomic E-state index is 11.9. The van der Waals surface area contributed by atoms with Gasteiger partial charge in [-0.25, -0.2) is 0 Å². The zero-order valence-electron chi connectivity index (χ0n) is 12.3. The maximum atomic E-state index is 11.9. The van der Waals surface area contributed by atoms with Crippen molar-refractivity contribution >= 4 is 29.3 Å². The number of carbonyl (C=O) groups is 1. The molecule has 0 aromatic heterocycles. The van der Waals surface area contributed by atoms with E-state index < -0.39 is 0 Å². The molecule has 116 valence electrons. The molecule has 0 radical (unpaired) electrons. The normalized spacial score (nSPS) is 16.9. The number of hydrogen-bond acceptors (Lipinski definition) is 3. The van der Waals surface area contributed by atoms with Gasteiger partial charge in [0.15, 0.2) is 0 Å². The highest BCUT2D eigenvalue weighted by molar-refractivity contribution is 8.00. The predicted octanol–water partition coefficient (Wildman–Crippen LogP) is 3.82. The van der Waals surface area contributed by atoms with Crippen molar-refractivity contribution in [2.24, 2.45) is 0 Å². The Balaban J connectivity index is 1.77. The lowest BCUT2D eigenvalue weighted by atomic mass is 10.1. The smallest absolute Gasteiger partial charge is 0.230 e. The number of carbonyl (C=O) groups excluding carboxylic acids is 1. The fourth-order valence-corrected chi connectivity index (χ4v) is 3.98. The fourth-order valence-electron chi connectivity index (χ4n) is 2.56. The number of halogens is 1. The quantitative estimate of drug-likeness (QED) is 0.827. The van der Waals surface area contributed by atoms with E-state index in [1.54, 1.807) is 18.9 Å². The van der Waals surface area contributed by atoms with Crippen molar-refractivity contribution in [3.8, 4) is 0 Å². The number of ether oxygens (including phenoxy) is 1. The highest BCUT2D eigenvalue weighted by atomic mass is 35.5. The van der Waals surface area contributed by atoms with Crippen LogP contribution in [0.25, 0.3) is 0 Å². The SMILES string of the molecule is CO[C@H](CNC(=O)CSC1CCCC1)c1ccccc1Cl. The Kier molecular flexibility index (Phi) is 6.87. The minimum absolute atomic E-state index is 0.0704. The molecule has 0 bridgehead atoms. The molecule has 1 amide bonds. The molecule has 1 fully saturated rings. The van der Waals surface area contributed by atoms with Crippen molar-refractivity contribution in [2.75, 3.05) is 19.4 Å². The van der Waals surface area contributed by atoms with Gasteiger partial charge in [-0.1, -0.05) is 42.6 Å². The van der Waals surface area contributed by atoms with Gasteiger partial charge in [0.2, 0.25) is 5.91 Å². The first-order valence-corrected chi connectivity index (χ1v) is 8.79. The predicted molar refractivity (Wildman–Crippen MR) is 88.9 cm³/mol. The van der Waals surface area contributed by atoms with Crippen LogP contribution in [0.3, 0.4) is 0 Å². The van der Waals surface area contributed by atoms with Gasteiger partial charge in [0.1, 0.15) is 6.10 Å². The number of nitrogens with one attached hydrogen (secondary N) is 1. The Bertz CT molecular complexity index is 463. The molecule has 5 heteroatoms. The number of hydrogen-bond donors (Lipinski definition) is 1. The molecule has 21 heavy (non-hydrogen) atoms. The van der Waals surface area contributed by atoms with Crippen LogP contribution >= 0.6 is 23.4 Å². The summed E-state index contributed by atoms with van der Waals surface area (Å²) in [6, 6.07) is 7.57. The van der Waals surface area contributed by atoms with Gasteiger partial charge in [0.05, 0.1) is 5.75 Å². The average Bonchev–Trinajstić information content (AvgIpc) is 3.01. The second kappa shape index (κ2) is 8.66. The Morgan fingerprint density at radius 2 is 2.14 bits per heavy atom. The molecule has 0 saturated heterocycles. The van der Waals surface area contributed by atoms with E-state index >= 15 is 0 Å². The Morgan fingerprint density at radius 1 is 1.43 bits per heavy atom. The second-order valence-electron chi connectivity index (χ2n) is 5.27. The highest BCUT2D eigenvalue weighted by Crippen LogP contribution is 2.29. The largest absolute Gasteiger partial charge is 0.375 e. The number of methoxy groups -OCH3 is 1. The summed E-state index contributed by atoms with van der Waals surface area (Å²) in [5.41, 5.74) is 0.908. The lowest BCUT2D eigenvalue weighted by Gasteiger charge is -2.18. The molecule has 1 aromatic rings. The van der Waals surface area contributed by atoms with Crippen LogP contribution in [-0.4, -0.2) is 30.6 Å². The molecule has 0 aliphatic heterocycles. The van der Waals surface area contributed by atoms with Crippen molar-refractivity contribution in [1.82, 2.24) is 5.32 Å². The Labute approximate surface area is 135 Å². The summed E-state index contributed by atoms with van der Waals surface area (Å²) in [6.07, 6.45) is 4.89. The monoisotopic (exact) mass is 327 g/mol. The van der Waals surface area contributed by atoms with Crippen LogP contribution in [0.5, 0.6) is 0 Å². The van der Waals surface area contributed by atoms with Crippen molar-refractivity contribution < 1.29 is 9.53 Å². The van der Waals surface area contributed by atoms with Crippen LogP contribution in [0.4, 0.5) is 0 Å². The molecule has 0 heterocycles. The molecule has 1 aliphatic rings. The van der Waals surface area contributed by atoms with Crippen LogP contribution < -0.4 is 5.32 Å². The van der Waals surface area contributed by atoms with Gasteiger partial charge in [-0.05, 0) is 18.9 Å². The van der Waals surface area contributed by atoms with E-state index in [1.807, 2.05) is 24.3 Å². The molecule has 1 saturated carbocycles. The molecular formula is C16H22ClNO2S. The van der Waals surface area contributed by atoms with Gasteiger partial charge in [-0.15, -0.1) is 11.8 Å². The maximum Gasteiger partial charge on any atom is 0.230 e. The minimum atomic E-state index is -0.209.